The largest absolute Gasteiger partial charge is 0.394 e. The molecule has 0 amide bonds. The molecule has 0 aromatic carbocycles. The number of rotatable bonds is 2. The van der Waals surface area contributed by atoms with Crippen molar-refractivity contribution in [3.05, 3.63) is 15.1 Å². The van der Waals surface area contributed by atoms with Crippen LogP contribution in [-0.2, 0) is 4.74 Å². The van der Waals surface area contributed by atoms with Crippen LogP contribution < -0.4 is 11.3 Å². The number of nitrogens with one attached hydrogen (secondary N) is 1. The fourth-order valence-corrected chi connectivity index (χ4v) is 2.84. The molecule has 114 valence electrons. The molecule has 1 fully saturated rings. The molecule has 6 N–H and O–H groups in total. The van der Waals surface area contributed by atoms with E-state index in [0.717, 1.165) is 0 Å². The van der Waals surface area contributed by atoms with E-state index in [9.17, 15) is 15.0 Å². The Bertz CT molecular complexity index is 745. The highest BCUT2D eigenvalue weighted by Crippen LogP contribution is 2.33. The van der Waals surface area contributed by atoms with Gasteiger partial charge in [0.15, 0.2) is 22.1 Å². The summed E-state index contributed by atoms with van der Waals surface area (Å²) in [4.78, 5) is 22.0. The van der Waals surface area contributed by atoms with E-state index in [0.29, 0.717) is 0 Å². The number of fused-ring (bicyclic) bond motifs is 1. The Kier molecular flexibility index (Phi) is 3.45. The predicted molar refractivity (Wildman–Crippen MR) is 73.3 cm³/mol. The number of aliphatic hydroxyl groups is 3. The summed E-state index contributed by atoms with van der Waals surface area (Å²) >= 11 is 3.15. The van der Waals surface area contributed by atoms with E-state index in [-0.39, 0.29) is 21.8 Å². The van der Waals surface area contributed by atoms with E-state index in [4.69, 9.17) is 15.6 Å². The molecule has 3 heterocycles. The van der Waals surface area contributed by atoms with Crippen LogP contribution in [0.4, 0.5) is 5.95 Å². The van der Waals surface area contributed by atoms with Crippen molar-refractivity contribution in [2.45, 2.75) is 24.5 Å². The monoisotopic (exact) mass is 364 g/mol. The molecule has 10 nitrogen and oxygen atoms in total. The second-order valence-corrected chi connectivity index (χ2v) is 5.31. The van der Waals surface area contributed by atoms with Crippen LogP contribution in [0.3, 0.4) is 0 Å². The first-order valence-electron chi connectivity index (χ1n) is 5.99. The molecule has 0 aliphatic carbocycles. The smallest absolute Gasteiger partial charge is 0.280 e. The van der Waals surface area contributed by atoms with Crippen LogP contribution >= 0.6 is 15.9 Å². The number of hydrogen-bond acceptors (Lipinski definition) is 8. The van der Waals surface area contributed by atoms with Gasteiger partial charge in [0.1, 0.15) is 18.3 Å². The molecule has 1 aliphatic heterocycles. The van der Waals surface area contributed by atoms with E-state index in [1.54, 1.807) is 0 Å². The van der Waals surface area contributed by atoms with Gasteiger partial charge in [-0.1, -0.05) is 0 Å². The SMILES string of the molecule is [15NH2][13c]1nc2c(nc(Br)n2[C@@H]2O[C@H](CO)[C@@H](O)[C@H]2O)c(=O)[15nH]1. The highest BCUT2D eigenvalue weighted by molar-refractivity contribution is 9.10. The van der Waals surface area contributed by atoms with Gasteiger partial charge < -0.3 is 25.8 Å². The first kappa shape index (κ1) is 14.4. The van der Waals surface area contributed by atoms with Crippen LogP contribution in [0.1, 0.15) is 6.23 Å². The van der Waals surface area contributed by atoms with Crippen LogP contribution in [0.2, 0.25) is 0 Å². The first-order chi connectivity index (χ1) is 9.93. The van der Waals surface area contributed by atoms with Crippen molar-refractivity contribution in [1.82, 2.24) is 19.5 Å². The molecule has 0 radical (unpaired) electrons. The highest BCUT2D eigenvalue weighted by atomic mass is 79.9. The van der Waals surface area contributed by atoms with Crippen LogP contribution in [-0.4, -0.2) is 59.8 Å². The second kappa shape index (κ2) is 5.03. The number of nitrogens with zero attached hydrogens (tertiary/aromatic N) is 3. The van der Waals surface area contributed by atoms with Crippen LogP contribution in [0, 0.1) is 0 Å². The lowest BCUT2D eigenvalue weighted by molar-refractivity contribution is -0.0521. The molecule has 21 heavy (non-hydrogen) atoms. The lowest BCUT2D eigenvalue weighted by Crippen LogP contribution is -2.33. The maximum absolute atomic E-state index is 11.8. The van der Waals surface area contributed by atoms with Gasteiger partial charge in [-0.05, 0) is 15.9 Å². The average molecular weight is 365 g/mol. The Hall–Kier alpha value is -1.53. The molecule has 3 rings (SSSR count). The van der Waals surface area contributed by atoms with Gasteiger partial charge >= 0.3 is 0 Å². The fourth-order valence-electron chi connectivity index (χ4n) is 2.29. The Balaban J connectivity index is 2.17. The van der Waals surface area contributed by atoms with Gasteiger partial charge in [0.2, 0.25) is 5.95 Å². The summed E-state index contributed by atoms with van der Waals surface area (Å²) < 4.78 is 6.87. The van der Waals surface area contributed by atoms with Crippen LogP contribution in [0.5, 0.6) is 0 Å². The third-order valence-corrected chi connectivity index (χ3v) is 3.86. The number of halogens is 1. The van der Waals surface area contributed by atoms with Gasteiger partial charge in [0.25, 0.3) is 5.56 Å². The van der Waals surface area contributed by atoms with Gasteiger partial charge in [-0.3, -0.25) is 14.3 Å². The van der Waals surface area contributed by atoms with Gasteiger partial charge in [-0.2, -0.15) is 4.98 Å². The number of nitrogens with two attached hydrogens (primary N) is 1. The number of aromatic nitrogens is 4. The normalized spacial score (nSPS) is 29.3. The van der Waals surface area contributed by atoms with Gasteiger partial charge in [0.05, 0.1) is 6.61 Å². The number of aromatic amines is 1. The summed E-state index contributed by atoms with van der Waals surface area (Å²) in [5.41, 5.74) is 5.07. The van der Waals surface area contributed by atoms with Crippen LogP contribution in [0.25, 0.3) is 11.2 Å². The fraction of sp³-hybridized carbons (Fsp3) is 0.500. The van der Waals surface area contributed by atoms with Crippen molar-refractivity contribution in [1.29, 1.82) is 0 Å². The molecule has 0 spiro atoms. The molecule has 2 aromatic rings. The summed E-state index contributed by atoms with van der Waals surface area (Å²) in [6, 6.07) is 0. The molecule has 1 saturated heterocycles. The maximum Gasteiger partial charge on any atom is 0.280 e. The van der Waals surface area contributed by atoms with Crippen molar-refractivity contribution < 1.29 is 20.1 Å². The van der Waals surface area contributed by atoms with E-state index >= 15 is 0 Å². The minimum Gasteiger partial charge on any atom is -0.394 e. The van der Waals surface area contributed by atoms with Crippen molar-refractivity contribution in [2.75, 3.05) is 12.3 Å². The quantitative estimate of drug-likeness (QED) is 0.304. The number of H-pyrrole nitrogens is 1. The molecule has 0 bridgehead atoms. The molecule has 0 unspecified atom stereocenters. The topological polar surface area (TPSA) is 160 Å². The zero-order valence-electron chi connectivity index (χ0n) is 10.5. The van der Waals surface area contributed by atoms with E-state index < -0.39 is 36.7 Å². The van der Waals surface area contributed by atoms with E-state index in [2.05, 4.69) is 30.9 Å². The summed E-state index contributed by atoms with van der Waals surface area (Å²) in [6.45, 7) is -0.463. The van der Waals surface area contributed by atoms with Crippen molar-refractivity contribution >= 4 is 33.0 Å². The molecular formula is C10H12BrN5O5. The van der Waals surface area contributed by atoms with Gasteiger partial charge in [0, 0.05) is 0 Å². The molecular weight excluding hydrogens is 353 g/mol. The molecule has 0 saturated carbocycles. The zero-order valence-corrected chi connectivity index (χ0v) is 12.1. The third kappa shape index (κ3) is 2.13. The number of hydrogen-bond donors (Lipinski definition) is 5. The number of anilines is 1. The van der Waals surface area contributed by atoms with Gasteiger partial charge in [-0.15, -0.1) is 0 Å². The molecule has 2 aromatic heterocycles. The summed E-state index contributed by atoms with van der Waals surface area (Å²) in [7, 11) is 0. The minimum absolute atomic E-state index is 0.00816. The summed E-state index contributed by atoms with van der Waals surface area (Å²) in [6.07, 6.45) is -4.61. The van der Waals surface area contributed by atoms with Gasteiger partial charge in [-0.25, -0.2) is 4.98 Å². The lowest BCUT2D eigenvalue weighted by Gasteiger charge is -2.17. The maximum atomic E-state index is 11.8. The Labute approximate surface area is 125 Å². The number of imidazole rings is 1. The Morgan fingerprint density at radius 3 is 2.71 bits per heavy atom. The van der Waals surface area contributed by atoms with Crippen molar-refractivity contribution in [2.24, 2.45) is 0 Å². The lowest BCUT2D eigenvalue weighted by atomic mass is 10.1. The molecule has 4 atom stereocenters. The van der Waals surface area contributed by atoms with Crippen molar-refractivity contribution in [3.8, 4) is 0 Å². The number of nitrogen functional groups attached to an aromatic ring is 1. The third-order valence-electron chi connectivity index (χ3n) is 3.30. The number of aliphatic hydroxyl groups excluding tert-OH is 3. The standard InChI is InChI=1S/C10H12BrN5O5/c11-9-13-3-6(14-10(12)15-7(3)20)16(9)8-5(19)4(18)2(1-17)21-8/h2,4-5,8,17-19H,1H2,(H3,12,14,15,20)/t2-,4-,5-,8-/m1/s1/i10+1,12+1,15+1. The Morgan fingerprint density at radius 2 is 2.10 bits per heavy atom. The summed E-state index contributed by atoms with van der Waals surface area (Å²) in [5.74, 6) is -0.118. The summed E-state index contributed by atoms with van der Waals surface area (Å²) in [5, 5.41) is 29.0. The van der Waals surface area contributed by atoms with E-state index in [1.807, 2.05) is 0 Å². The zero-order chi connectivity index (χ0) is 15.3. The average Bonchev–Trinajstić information content (AvgIpc) is 2.89. The van der Waals surface area contributed by atoms with E-state index in [1.165, 1.54) is 4.57 Å². The highest BCUT2D eigenvalue weighted by Gasteiger charge is 2.44. The van der Waals surface area contributed by atoms with Crippen LogP contribution in [0.15, 0.2) is 9.53 Å². The minimum atomic E-state index is -1.32. The first-order valence-corrected chi connectivity index (χ1v) is 6.79. The molecule has 1 aliphatic rings. The second-order valence-electron chi connectivity index (χ2n) is 4.60. The predicted octanol–water partition coefficient (Wildman–Crippen LogP) is -1.92. The van der Waals surface area contributed by atoms with Crippen molar-refractivity contribution in [3.63, 3.8) is 0 Å². The number of ether oxygens (including phenoxy) is 1. The Morgan fingerprint density at radius 1 is 1.38 bits per heavy atom. The molecule has 11 heteroatoms.